The normalized spacial score (nSPS) is 29.2. The van der Waals surface area contributed by atoms with E-state index in [1.807, 2.05) is 0 Å². The lowest BCUT2D eigenvalue weighted by Crippen LogP contribution is -2.52. The first-order valence-electron chi connectivity index (χ1n) is 7.53. The molecule has 1 atom stereocenters. The van der Waals surface area contributed by atoms with Crippen molar-refractivity contribution in [2.45, 2.75) is 46.5 Å². The summed E-state index contributed by atoms with van der Waals surface area (Å²) < 4.78 is 0. The van der Waals surface area contributed by atoms with E-state index < -0.39 is 0 Å². The van der Waals surface area contributed by atoms with Gasteiger partial charge in [-0.3, -0.25) is 4.79 Å². The smallest absolute Gasteiger partial charge is 0.229 e. The molecule has 0 saturated carbocycles. The minimum absolute atomic E-state index is 0. The molecule has 0 spiro atoms. The van der Waals surface area contributed by atoms with Crippen LogP contribution in [-0.4, -0.2) is 37.0 Å². The first-order chi connectivity index (χ1) is 8.53. The van der Waals surface area contributed by atoms with Crippen molar-refractivity contribution in [3.63, 3.8) is 0 Å². The van der Waals surface area contributed by atoms with Crippen LogP contribution < -0.4 is 5.32 Å². The summed E-state index contributed by atoms with van der Waals surface area (Å²) in [6, 6.07) is 0. The van der Waals surface area contributed by atoms with Gasteiger partial charge in [-0.15, -0.1) is 12.4 Å². The molecule has 4 heteroatoms. The van der Waals surface area contributed by atoms with E-state index in [-0.39, 0.29) is 17.8 Å². The van der Waals surface area contributed by atoms with Gasteiger partial charge in [0.1, 0.15) is 0 Å². The van der Waals surface area contributed by atoms with Crippen molar-refractivity contribution in [1.29, 1.82) is 0 Å². The van der Waals surface area contributed by atoms with Crippen LogP contribution in [-0.2, 0) is 4.79 Å². The quantitative estimate of drug-likeness (QED) is 0.847. The number of carbonyl (C=O) groups excluding carboxylic acids is 1. The number of rotatable bonds is 2. The third kappa shape index (κ3) is 3.85. The Hall–Kier alpha value is -0.280. The molecule has 2 saturated heterocycles. The number of carbonyl (C=O) groups is 1. The second-order valence-electron chi connectivity index (χ2n) is 6.71. The van der Waals surface area contributed by atoms with Crippen LogP contribution in [0.25, 0.3) is 0 Å². The molecule has 2 heterocycles. The van der Waals surface area contributed by atoms with E-state index in [4.69, 9.17) is 0 Å². The summed E-state index contributed by atoms with van der Waals surface area (Å²) in [5, 5.41) is 3.37. The predicted octanol–water partition coefficient (Wildman–Crippen LogP) is 2.69. The van der Waals surface area contributed by atoms with Crippen molar-refractivity contribution in [2.24, 2.45) is 17.3 Å². The molecule has 0 aromatic carbocycles. The molecule has 19 heavy (non-hydrogen) atoms. The minimum Gasteiger partial charge on any atom is -0.342 e. The maximum atomic E-state index is 12.6. The van der Waals surface area contributed by atoms with Gasteiger partial charge in [0.25, 0.3) is 0 Å². The van der Waals surface area contributed by atoms with Crippen LogP contribution in [0, 0.1) is 17.3 Å². The molecule has 0 bridgehead atoms. The molecule has 1 N–H and O–H groups in total. The van der Waals surface area contributed by atoms with Crippen LogP contribution in [0.1, 0.15) is 46.5 Å². The maximum absolute atomic E-state index is 12.6. The summed E-state index contributed by atoms with van der Waals surface area (Å²) in [4.78, 5) is 14.8. The molecule has 2 rings (SSSR count). The number of likely N-dealkylation sites (tertiary alicyclic amines) is 1. The molecule has 0 aromatic rings. The van der Waals surface area contributed by atoms with E-state index in [1.165, 1.54) is 12.8 Å². The largest absolute Gasteiger partial charge is 0.342 e. The Kier molecular flexibility index (Phi) is 6.13. The highest BCUT2D eigenvalue weighted by Gasteiger charge is 2.38. The summed E-state index contributed by atoms with van der Waals surface area (Å²) in [6.07, 6.45) is 4.55. The van der Waals surface area contributed by atoms with E-state index in [2.05, 4.69) is 31.0 Å². The zero-order valence-electron chi connectivity index (χ0n) is 12.6. The molecular formula is C15H29ClN2O. The Morgan fingerprint density at radius 2 is 1.95 bits per heavy atom. The van der Waals surface area contributed by atoms with Gasteiger partial charge in [-0.05, 0) is 51.0 Å². The lowest BCUT2D eigenvalue weighted by atomic mass is 9.80. The van der Waals surface area contributed by atoms with Crippen LogP contribution in [0.15, 0.2) is 0 Å². The van der Waals surface area contributed by atoms with E-state index in [0.717, 1.165) is 50.9 Å². The molecule has 3 nitrogen and oxygen atoms in total. The van der Waals surface area contributed by atoms with Gasteiger partial charge in [0.15, 0.2) is 0 Å². The zero-order chi connectivity index (χ0) is 13.2. The van der Waals surface area contributed by atoms with Gasteiger partial charge in [0, 0.05) is 19.6 Å². The van der Waals surface area contributed by atoms with Crippen LogP contribution in [0.2, 0.25) is 0 Å². The Bertz CT molecular complexity index is 293. The van der Waals surface area contributed by atoms with Crippen LogP contribution >= 0.6 is 12.4 Å². The number of piperidine rings is 2. The van der Waals surface area contributed by atoms with Crippen molar-refractivity contribution in [3.8, 4) is 0 Å². The van der Waals surface area contributed by atoms with Crippen LogP contribution in [0.4, 0.5) is 0 Å². The lowest BCUT2D eigenvalue weighted by Gasteiger charge is -2.41. The summed E-state index contributed by atoms with van der Waals surface area (Å²) >= 11 is 0. The van der Waals surface area contributed by atoms with Crippen molar-refractivity contribution >= 4 is 18.3 Å². The fourth-order valence-corrected chi connectivity index (χ4v) is 3.39. The number of nitrogens with zero attached hydrogens (tertiary/aromatic N) is 1. The molecule has 2 aliphatic rings. The minimum atomic E-state index is -0.150. The average Bonchev–Trinajstić information content (AvgIpc) is 2.39. The van der Waals surface area contributed by atoms with Gasteiger partial charge in [0.2, 0.25) is 5.91 Å². The summed E-state index contributed by atoms with van der Waals surface area (Å²) in [7, 11) is 0. The molecule has 1 unspecified atom stereocenters. The van der Waals surface area contributed by atoms with E-state index >= 15 is 0 Å². The fourth-order valence-electron chi connectivity index (χ4n) is 3.39. The first-order valence-corrected chi connectivity index (χ1v) is 7.53. The number of amides is 1. The summed E-state index contributed by atoms with van der Waals surface area (Å²) in [6.45, 7) is 10.6. The van der Waals surface area contributed by atoms with Crippen LogP contribution in [0.3, 0.4) is 0 Å². The Balaban J connectivity index is 0.00000180. The molecule has 0 aromatic heterocycles. The van der Waals surface area contributed by atoms with Gasteiger partial charge in [-0.2, -0.15) is 0 Å². The van der Waals surface area contributed by atoms with Gasteiger partial charge in [0.05, 0.1) is 5.41 Å². The van der Waals surface area contributed by atoms with Gasteiger partial charge >= 0.3 is 0 Å². The number of nitrogens with one attached hydrogen (secondary N) is 1. The molecule has 0 radical (unpaired) electrons. The molecule has 1 amide bonds. The van der Waals surface area contributed by atoms with Crippen molar-refractivity contribution in [2.75, 3.05) is 26.2 Å². The first kappa shape index (κ1) is 16.8. The standard InChI is InChI=1S/C15H28N2O.ClH/c1-12(2)13-5-9-17(10-6-13)14(18)15(3)7-4-8-16-11-15;/h12-13,16H,4-11H2,1-3H3;1H. The Morgan fingerprint density at radius 1 is 1.32 bits per heavy atom. The molecule has 112 valence electrons. The van der Waals surface area contributed by atoms with Gasteiger partial charge in [-0.25, -0.2) is 0 Å². The average molecular weight is 289 g/mol. The predicted molar refractivity (Wildman–Crippen MR) is 81.6 cm³/mol. The lowest BCUT2D eigenvalue weighted by molar-refractivity contribution is -0.143. The SMILES string of the molecule is CC(C)C1CCN(C(=O)C2(C)CCCNC2)CC1.Cl. The third-order valence-electron chi connectivity index (χ3n) is 4.88. The number of halogens is 1. The Labute approximate surface area is 123 Å². The summed E-state index contributed by atoms with van der Waals surface area (Å²) in [5.74, 6) is 1.96. The Morgan fingerprint density at radius 3 is 2.42 bits per heavy atom. The second kappa shape index (κ2) is 6.94. The third-order valence-corrected chi connectivity index (χ3v) is 4.88. The fraction of sp³-hybridized carbons (Fsp3) is 0.933. The molecular weight excluding hydrogens is 260 g/mol. The van der Waals surface area contributed by atoms with Crippen LogP contribution in [0.5, 0.6) is 0 Å². The molecule has 2 fully saturated rings. The zero-order valence-corrected chi connectivity index (χ0v) is 13.4. The van der Waals surface area contributed by atoms with E-state index in [9.17, 15) is 4.79 Å². The van der Waals surface area contributed by atoms with Crippen molar-refractivity contribution in [3.05, 3.63) is 0 Å². The van der Waals surface area contributed by atoms with Gasteiger partial charge < -0.3 is 10.2 Å². The van der Waals surface area contributed by atoms with E-state index in [0.29, 0.717) is 5.91 Å². The van der Waals surface area contributed by atoms with E-state index in [1.54, 1.807) is 0 Å². The highest BCUT2D eigenvalue weighted by atomic mass is 35.5. The number of hydrogen-bond acceptors (Lipinski definition) is 2. The van der Waals surface area contributed by atoms with Crippen molar-refractivity contribution in [1.82, 2.24) is 10.2 Å². The molecule has 2 aliphatic heterocycles. The maximum Gasteiger partial charge on any atom is 0.229 e. The van der Waals surface area contributed by atoms with Crippen molar-refractivity contribution < 1.29 is 4.79 Å². The topological polar surface area (TPSA) is 32.3 Å². The number of hydrogen-bond donors (Lipinski definition) is 1. The monoisotopic (exact) mass is 288 g/mol. The van der Waals surface area contributed by atoms with Gasteiger partial charge in [-0.1, -0.05) is 13.8 Å². The highest BCUT2D eigenvalue weighted by molar-refractivity contribution is 5.85. The summed E-state index contributed by atoms with van der Waals surface area (Å²) in [5.41, 5.74) is -0.150. The highest BCUT2D eigenvalue weighted by Crippen LogP contribution is 2.31. The second-order valence-corrected chi connectivity index (χ2v) is 6.71. The molecule has 0 aliphatic carbocycles.